The quantitative estimate of drug-likeness (QED) is 0.865. The van der Waals surface area contributed by atoms with Gasteiger partial charge in [0.1, 0.15) is 5.75 Å². The topological polar surface area (TPSA) is 29.5 Å². The molecule has 0 aliphatic heterocycles. The van der Waals surface area contributed by atoms with Gasteiger partial charge in [-0.25, -0.2) is 0 Å². The van der Waals surface area contributed by atoms with Crippen LogP contribution in [0.4, 0.5) is 0 Å². The predicted molar refractivity (Wildman–Crippen MR) is 76.5 cm³/mol. The Balaban J connectivity index is 3.26. The number of hydrogen-bond acceptors (Lipinski definition) is 2. The molecule has 0 unspecified atom stereocenters. The number of ether oxygens (including phenoxy) is 1. The maximum Gasteiger partial charge on any atom is 0.126 e. The van der Waals surface area contributed by atoms with Gasteiger partial charge in [0.15, 0.2) is 0 Å². The molecule has 0 amide bonds. The molecular formula is C16H26O2. The summed E-state index contributed by atoms with van der Waals surface area (Å²) in [5.74, 6) is 1.02. The molecule has 1 N–H and O–H groups in total. The maximum absolute atomic E-state index is 9.01. The van der Waals surface area contributed by atoms with Crippen LogP contribution in [0.15, 0.2) is 12.1 Å². The van der Waals surface area contributed by atoms with E-state index in [-0.39, 0.29) is 12.0 Å². The minimum absolute atomic E-state index is 0.0739. The Morgan fingerprint density at radius 1 is 1.22 bits per heavy atom. The minimum Gasteiger partial charge on any atom is -0.493 e. The fourth-order valence-electron chi connectivity index (χ4n) is 2.18. The first-order valence-corrected chi connectivity index (χ1v) is 6.77. The fourth-order valence-corrected chi connectivity index (χ4v) is 2.18. The molecule has 1 rings (SSSR count). The van der Waals surface area contributed by atoms with Crippen molar-refractivity contribution < 1.29 is 9.84 Å². The molecule has 2 heteroatoms. The van der Waals surface area contributed by atoms with E-state index in [2.05, 4.69) is 39.8 Å². The summed E-state index contributed by atoms with van der Waals surface area (Å²) in [6.07, 6.45) is 1.66. The molecule has 102 valence electrons. The third-order valence-electron chi connectivity index (χ3n) is 3.01. The van der Waals surface area contributed by atoms with Crippen molar-refractivity contribution in [1.82, 2.24) is 0 Å². The zero-order valence-electron chi connectivity index (χ0n) is 12.3. The molecule has 2 nitrogen and oxygen atoms in total. The highest BCUT2D eigenvalue weighted by atomic mass is 16.5. The van der Waals surface area contributed by atoms with Gasteiger partial charge in [0, 0.05) is 12.2 Å². The molecule has 1 aromatic rings. The van der Waals surface area contributed by atoms with Gasteiger partial charge in [0.05, 0.1) is 6.61 Å². The molecule has 0 bridgehead atoms. The van der Waals surface area contributed by atoms with Crippen LogP contribution >= 0.6 is 0 Å². The van der Waals surface area contributed by atoms with Crippen molar-refractivity contribution in [3.05, 3.63) is 28.8 Å². The van der Waals surface area contributed by atoms with E-state index < -0.39 is 0 Å². The Morgan fingerprint density at radius 3 is 2.39 bits per heavy atom. The number of benzene rings is 1. The minimum atomic E-state index is 0.0739. The van der Waals surface area contributed by atoms with Gasteiger partial charge in [-0.15, -0.1) is 0 Å². The van der Waals surface area contributed by atoms with Crippen molar-refractivity contribution in [1.29, 1.82) is 0 Å². The average Bonchev–Trinajstić information content (AvgIpc) is 2.27. The molecule has 0 radical (unpaired) electrons. The van der Waals surface area contributed by atoms with Crippen molar-refractivity contribution >= 4 is 0 Å². The number of hydrogen-bond donors (Lipinski definition) is 1. The lowest BCUT2D eigenvalue weighted by atomic mass is 9.83. The second-order valence-corrected chi connectivity index (χ2v) is 5.81. The summed E-state index contributed by atoms with van der Waals surface area (Å²) in [6, 6.07) is 4.39. The highest BCUT2D eigenvalue weighted by Crippen LogP contribution is 2.36. The largest absolute Gasteiger partial charge is 0.493 e. The number of rotatable bonds is 5. The third kappa shape index (κ3) is 3.74. The van der Waals surface area contributed by atoms with Crippen molar-refractivity contribution in [2.45, 2.75) is 52.9 Å². The van der Waals surface area contributed by atoms with E-state index in [1.807, 2.05) is 6.92 Å². The van der Waals surface area contributed by atoms with Gasteiger partial charge < -0.3 is 9.84 Å². The van der Waals surface area contributed by atoms with Gasteiger partial charge in [-0.05, 0) is 37.7 Å². The van der Waals surface area contributed by atoms with Crippen LogP contribution in [-0.4, -0.2) is 18.3 Å². The SMILES string of the molecule is CCOc1c(CCCO)cc(C)cc1C(C)(C)C. The number of aliphatic hydroxyl groups is 1. The molecule has 18 heavy (non-hydrogen) atoms. The Bertz CT molecular complexity index is 389. The Hall–Kier alpha value is -1.02. The normalized spacial score (nSPS) is 11.7. The predicted octanol–water partition coefficient (Wildman–Crippen LogP) is 3.62. The van der Waals surface area contributed by atoms with Gasteiger partial charge in [-0.3, -0.25) is 0 Å². The zero-order chi connectivity index (χ0) is 13.8. The van der Waals surface area contributed by atoms with Crippen LogP contribution in [-0.2, 0) is 11.8 Å². The van der Waals surface area contributed by atoms with Crippen molar-refractivity contribution in [2.75, 3.05) is 13.2 Å². The van der Waals surface area contributed by atoms with E-state index in [4.69, 9.17) is 9.84 Å². The fraction of sp³-hybridized carbons (Fsp3) is 0.625. The summed E-state index contributed by atoms with van der Waals surface area (Å²) in [5, 5.41) is 9.01. The van der Waals surface area contributed by atoms with Crippen LogP contribution < -0.4 is 4.74 Å². The van der Waals surface area contributed by atoms with E-state index in [9.17, 15) is 0 Å². The van der Waals surface area contributed by atoms with Crippen LogP contribution in [0.25, 0.3) is 0 Å². The standard InChI is InChI=1S/C16H26O2/c1-6-18-15-13(8-7-9-17)10-12(2)11-14(15)16(3,4)5/h10-11,17H,6-9H2,1-5H3. The highest BCUT2D eigenvalue weighted by molar-refractivity contribution is 5.48. The van der Waals surface area contributed by atoms with Crippen molar-refractivity contribution in [2.24, 2.45) is 0 Å². The van der Waals surface area contributed by atoms with E-state index in [1.54, 1.807) is 0 Å². The van der Waals surface area contributed by atoms with E-state index >= 15 is 0 Å². The molecule has 0 spiro atoms. The number of aliphatic hydroxyl groups excluding tert-OH is 1. The second kappa shape index (κ2) is 6.24. The lowest BCUT2D eigenvalue weighted by molar-refractivity contribution is 0.286. The highest BCUT2D eigenvalue weighted by Gasteiger charge is 2.21. The molecule has 0 aliphatic rings. The van der Waals surface area contributed by atoms with E-state index in [0.717, 1.165) is 18.6 Å². The Labute approximate surface area is 111 Å². The van der Waals surface area contributed by atoms with Gasteiger partial charge in [-0.1, -0.05) is 38.5 Å². The molecular weight excluding hydrogens is 224 g/mol. The summed E-state index contributed by atoms with van der Waals surface area (Å²) >= 11 is 0. The Kier molecular flexibility index (Phi) is 5.21. The van der Waals surface area contributed by atoms with E-state index in [0.29, 0.717) is 6.61 Å². The van der Waals surface area contributed by atoms with Crippen LogP contribution in [0.3, 0.4) is 0 Å². The summed E-state index contributed by atoms with van der Waals surface area (Å²) in [6.45, 7) is 11.7. The molecule has 1 aromatic carbocycles. The van der Waals surface area contributed by atoms with Gasteiger partial charge in [-0.2, -0.15) is 0 Å². The first-order valence-electron chi connectivity index (χ1n) is 6.77. The maximum atomic E-state index is 9.01. The molecule has 0 saturated heterocycles. The molecule has 0 aromatic heterocycles. The summed E-state index contributed by atoms with van der Waals surface area (Å²) in [5.41, 5.74) is 3.81. The first kappa shape index (κ1) is 15.0. The smallest absolute Gasteiger partial charge is 0.126 e. The third-order valence-corrected chi connectivity index (χ3v) is 3.01. The van der Waals surface area contributed by atoms with Crippen LogP contribution in [0.2, 0.25) is 0 Å². The van der Waals surface area contributed by atoms with Crippen LogP contribution in [0, 0.1) is 6.92 Å². The summed E-state index contributed by atoms with van der Waals surface area (Å²) in [4.78, 5) is 0. The van der Waals surface area contributed by atoms with Crippen molar-refractivity contribution in [3.63, 3.8) is 0 Å². The zero-order valence-corrected chi connectivity index (χ0v) is 12.3. The second-order valence-electron chi connectivity index (χ2n) is 5.81. The lowest BCUT2D eigenvalue weighted by Gasteiger charge is -2.25. The lowest BCUT2D eigenvalue weighted by Crippen LogP contribution is -2.15. The molecule has 0 fully saturated rings. The average molecular weight is 250 g/mol. The van der Waals surface area contributed by atoms with Gasteiger partial charge in [0.2, 0.25) is 0 Å². The molecule has 0 aliphatic carbocycles. The summed E-state index contributed by atoms with van der Waals surface area (Å²) < 4.78 is 5.87. The monoisotopic (exact) mass is 250 g/mol. The Morgan fingerprint density at radius 2 is 1.89 bits per heavy atom. The first-order chi connectivity index (χ1) is 8.40. The molecule has 0 saturated carbocycles. The molecule has 0 atom stereocenters. The molecule has 0 heterocycles. The van der Waals surface area contributed by atoms with Gasteiger partial charge >= 0.3 is 0 Å². The van der Waals surface area contributed by atoms with Crippen LogP contribution in [0.1, 0.15) is 50.8 Å². The summed E-state index contributed by atoms with van der Waals surface area (Å²) in [7, 11) is 0. The van der Waals surface area contributed by atoms with Crippen LogP contribution in [0.5, 0.6) is 5.75 Å². The van der Waals surface area contributed by atoms with Crippen molar-refractivity contribution in [3.8, 4) is 5.75 Å². The van der Waals surface area contributed by atoms with Gasteiger partial charge in [0.25, 0.3) is 0 Å². The number of aryl methyl sites for hydroxylation is 2. The van der Waals surface area contributed by atoms with E-state index in [1.165, 1.54) is 16.7 Å².